The first-order chi connectivity index (χ1) is 10.1. The molecule has 2 unspecified atom stereocenters. The molecule has 2 aromatic rings. The molecule has 0 amide bonds. The van der Waals surface area contributed by atoms with Gasteiger partial charge in [-0.25, -0.2) is 4.79 Å². The Morgan fingerprint density at radius 3 is 2.86 bits per heavy atom. The summed E-state index contributed by atoms with van der Waals surface area (Å²) >= 11 is 6.20. The minimum Gasteiger partial charge on any atom is -0.462 e. The van der Waals surface area contributed by atoms with Crippen molar-refractivity contribution in [3.63, 3.8) is 0 Å². The molecule has 4 nitrogen and oxygen atoms in total. The SMILES string of the molecule is CC1CC1COC(=O)c1cn(C)nc1-c1ccccc1Cl. The second kappa shape index (κ2) is 5.53. The van der Waals surface area contributed by atoms with Crippen molar-refractivity contribution >= 4 is 17.6 Å². The van der Waals surface area contributed by atoms with E-state index < -0.39 is 0 Å². The fraction of sp³-hybridized carbons (Fsp3) is 0.375. The Labute approximate surface area is 128 Å². The molecule has 1 fully saturated rings. The van der Waals surface area contributed by atoms with Crippen LogP contribution < -0.4 is 0 Å². The second-order valence-electron chi connectivity index (χ2n) is 5.62. The van der Waals surface area contributed by atoms with Gasteiger partial charge in [-0.1, -0.05) is 36.7 Å². The first-order valence-corrected chi connectivity index (χ1v) is 7.39. The summed E-state index contributed by atoms with van der Waals surface area (Å²) in [6, 6.07) is 7.36. The van der Waals surface area contributed by atoms with Gasteiger partial charge in [0.2, 0.25) is 0 Å². The lowest BCUT2D eigenvalue weighted by Gasteiger charge is -2.05. The van der Waals surface area contributed by atoms with Crippen LogP contribution in [0.25, 0.3) is 11.3 Å². The molecule has 1 heterocycles. The summed E-state index contributed by atoms with van der Waals surface area (Å²) in [6.45, 7) is 2.65. The zero-order valence-corrected chi connectivity index (χ0v) is 12.8. The van der Waals surface area contributed by atoms with Crippen LogP contribution in [0.2, 0.25) is 5.02 Å². The molecule has 110 valence electrons. The summed E-state index contributed by atoms with van der Waals surface area (Å²) in [4.78, 5) is 12.3. The predicted molar refractivity (Wildman–Crippen MR) is 81.2 cm³/mol. The van der Waals surface area contributed by atoms with E-state index in [1.165, 1.54) is 0 Å². The van der Waals surface area contributed by atoms with E-state index in [4.69, 9.17) is 16.3 Å². The third-order valence-electron chi connectivity index (χ3n) is 3.88. The third kappa shape index (κ3) is 2.95. The maximum absolute atomic E-state index is 12.3. The van der Waals surface area contributed by atoms with Crippen molar-refractivity contribution in [3.05, 3.63) is 41.0 Å². The van der Waals surface area contributed by atoms with Gasteiger partial charge in [-0.15, -0.1) is 0 Å². The van der Waals surface area contributed by atoms with Crippen molar-refractivity contribution < 1.29 is 9.53 Å². The summed E-state index contributed by atoms with van der Waals surface area (Å²) in [5.74, 6) is 0.834. The van der Waals surface area contributed by atoms with Crippen LogP contribution in [-0.4, -0.2) is 22.4 Å². The van der Waals surface area contributed by atoms with Crippen molar-refractivity contribution in [1.29, 1.82) is 0 Å². The Kier molecular flexibility index (Phi) is 3.72. The largest absolute Gasteiger partial charge is 0.462 e. The summed E-state index contributed by atoms with van der Waals surface area (Å²) in [5, 5.41) is 4.92. The number of hydrogen-bond acceptors (Lipinski definition) is 3. The van der Waals surface area contributed by atoms with Crippen LogP contribution in [0, 0.1) is 11.8 Å². The van der Waals surface area contributed by atoms with Crippen LogP contribution in [0.5, 0.6) is 0 Å². The van der Waals surface area contributed by atoms with Gasteiger partial charge in [0, 0.05) is 18.8 Å². The van der Waals surface area contributed by atoms with Gasteiger partial charge in [0.25, 0.3) is 0 Å². The van der Waals surface area contributed by atoms with Crippen LogP contribution >= 0.6 is 11.6 Å². The summed E-state index contributed by atoms with van der Waals surface area (Å²) in [5.41, 5.74) is 1.77. The molecule has 2 atom stereocenters. The van der Waals surface area contributed by atoms with Crippen molar-refractivity contribution in [2.24, 2.45) is 18.9 Å². The van der Waals surface area contributed by atoms with Crippen LogP contribution in [0.4, 0.5) is 0 Å². The number of ether oxygens (including phenoxy) is 1. The molecule has 1 saturated carbocycles. The maximum atomic E-state index is 12.3. The number of esters is 1. The lowest BCUT2D eigenvalue weighted by molar-refractivity contribution is 0.0482. The van der Waals surface area contributed by atoms with E-state index >= 15 is 0 Å². The van der Waals surface area contributed by atoms with Gasteiger partial charge in [-0.3, -0.25) is 4.68 Å². The van der Waals surface area contributed by atoms with E-state index in [2.05, 4.69) is 12.0 Å². The summed E-state index contributed by atoms with van der Waals surface area (Å²) in [6.07, 6.45) is 2.81. The summed E-state index contributed by atoms with van der Waals surface area (Å²) in [7, 11) is 1.78. The topological polar surface area (TPSA) is 44.1 Å². The zero-order valence-electron chi connectivity index (χ0n) is 12.0. The van der Waals surface area contributed by atoms with Gasteiger partial charge in [0.15, 0.2) is 0 Å². The van der Waals surface area contributed by atoms with E-state index in [9.17, 15) is 4.79 Å². The number of benzene rings is 1. The van der Waals surface area contributed by atoms with Crippen LogP contribution in [-0.2, 0) is 11.8 Å². The van der Waals surface area contributed by atoms with Gasteiger partial charge in [0.05, 0.1) is 11.6 Å². The molecule has 21 heavy (non-hydrogen) atoms. The average molecular weight is 305 g/mol. The molecular weight excluding hydrogens is 288 g/mol. The van der Waals surface area contributed by atoms with Gasteiger partial charge in [-0.2, -0.15) is 5.10 Å². The number of aromatic nitrogens is 2. The molecule has 1 aromatic heterocycles. The second-order valence-corrected chi connectivity index (χ2v) is 6.02. The molecule has 0 spiro atoms. The fourth-order valence-electron chi connectivity index (χ4n) is 2.38. The Hall–Kier alpha value is -1.81. The van der Waals surface area contributed by atoms with Gasteiger partial charge < -0.3 is 4.74 Å². The molecule has 1 aliphatic carbocycles. The number of nitrogens with zero attached hydrogens (tertiary/aromatic N) is 2. The van der Waals surface area contributed by atoms with Crippen LogP contribution in [0.15, 0.2) is 30.5 Å². The molecule has 3 rings (SSSR count). The van der Waals surface area contributed by atoms with Crippen molar-refractivity contribution in [3.8, 4) is 11.3 Å². The molecule has 0 bridgehead atoms. The Balaban J connectivity index is 1.85. The Morgan fingerprint density at radius 1 is 1.48 bits per heavy atom. The number of rotatable bonds is 4. The fourth-order valence-corrected chi connectivity index (χ4v) is 2.61. The van der Waals surface area contributed by atoms with E-state index in [0.717, 1.165) is 12.0 Å². The minimum atomic E-state index is -0.336. The Bertz CT molecular complexity index is 681. The highest BCUT2D eigenvalue weighted by molar-refractivity contribution is 6.33. The first kappa shape index (κ1) is 14.1. The molecule has 1 aromatic carbocycles. The van der Waals surface area contributed by atoms with Gasteiger partial charge in [0.1, 0.15) is 11.3 Å². The molecule has 1 aliphatic rings. The molecule has 0 radical (unpaired) electrons. The lowest BCUT2D eigenvalue weighted by Crippen LogP contribution is -2.08. The number of hydrogen-bond donors (Lipinski definition) is 0. The van der Waals surface area contributed by atoms with E-state index in [1.807, 2.05) is 18.2 Å². The molecule has 5 heteroatoms. The highest BCUT2D eigenvalue weighted by Crippen LogP contribution is 2.38. The normalized spacial score (nSPS) is 20.3. The summed E-state index contributed by atoms with van der Waals surface area (Å²) < 4.78 is 7.01. The number of carbonyl (C=O) groups is 1. The van der Waals surface area contributed by atoms with Gasteiger partial charge >= 0.3 is 5.97 Å². The van der Waals surface area contributed by atoms with E-state index in [1.54, 1.807) is 24.0 Å². The number of halogens is 1. The van der Waals surface area contributed by atoms with Crippen molar-refractivity contribution in [1.82, 2.24) is 9.78 Å². The van der Waals surface area contributed by atoms with E-state index in [0.29, 0.717) is 34.7 Å². The highest BCUT2D eigenvalue weighted by Gasteiger charge is 2.34. The first-order valence-electron chi connectivity index (χ1n) is 7.02. The van der Waals surface area contributed by atoms with Crippen LogP contribution in [0.3, 0.4) is 0 Å². The minimum absolute atomic E-state index is 0.336. The highest BCUT2D eigenvalue weighted by atomic mass is 35.5. The maximum Gasteiger partial charge on any atom is 0.342 e. The molecular formula is C16H17ClN2O2. The van der Waals surface area contributed by atoms with Crippen molar-refractivity contribution in [2.75, 3.05) is 6.61 Å². The van der Waals surface area contributed by atoms with Gasteiger partial charge in [-0.05, 0) is 24.3 Å². The van der Waals surface area contributed by atoms with E-state index in [-0.39, 0.29) is 5.97 Å². The van der Waals surface area contributed by atoms with Crippen LogP contribution in [0.1, 0.15) is 23.7 Å². The Morgan fingerprint density at radius 2 is 2.19 bits per heavy atom. The molecule has 0 N–H and O–H groups in total. The number of carbonyl (C=O) groups excluding carboxylic acids is 1. The molecule has 0 aliphatic heterocycles. The van der Waals surface area contributed by atoms with Crippen molar-refractivity contribution in [2.45, 2.75) is 13.3 Å². The molecule has 0 saturated heterocycles. The zero-order chi connectivity index (χ0) is 15.0. The predicted octanol–water partition coefficient (Wildman–Crippen LogP) is 3.55. The quantitative estimate of drug-likeness (QED) is 0.811. The standard InChI is InChI=1S/C16H17ClN2O2/c1-10-7-11(10)9-21-16(20)13-8-19(2)18-15(13)12-5-3-4-6-14(12)17/h3-6,8,10-11H,7,9H2,1-2H3. The smallest absolute Gasteiger partial charge is 0.342 e. The monoisotopic (exact) mass is 304 g/mol. The lowest BCUT2D eigenvalue weighted by atomic mass is 10.1. The number of aryl methyl sites for hydroxylation is 1. The average Bonchev–Trinajstić information content (AvgIpc) is 3.02. The third-order valence-corrected chi connectivity index (χ3v) is 4.21.